The van der Waals surface area contributed by atoms with E-state index in [0.29, 0.717) is 25.4 Å². The molecular formula is C12H20N2O3. The summed E-state index contributed by atoms with van der Waals surface area (Å²) in [7, 11) is 0. The van der Waals surface area contributed by atoms with Crippen molar-refractivity contribution in [2.24, 2.45) is 5.92 Å². The molecule has 96 valence electrons. The highest BCUT2D eigenvalue weighted by Crippen LogP contribution is 2.20. The molecule has 0 radical (unpaired) electrons. The zero-order valence-corrected chi connectivity index (χ0v) is 10.2. The highest BCUT2D eigenvalue weighted by Gasteiger charge is 2.31. The third-order valence-electron chi connectivity index (χ3n) is 3.26. The van der Waals surface area contributed by atoms with Crippen molar-refractivity contribution in [2.75, 3.05) is 13.1 Å². The summed E-state index contributed by atoms with van der Waals surface area (Å²) in [5.41, 5.74) is 0. The number of carbonyl (C=O) groups is 2. The van der Waals surface area contributed by atoms with E-state index in [4.69, 9.17) is 0 Å². The van der Waals surface area contributed by atoms with E-state index in [9.17, 15) is 14.7 Å². The van der Waals surface area contributed by atoms with Crippen molar-refractivity contribution >= 4 is 11.8 Å². The smallest absolute Gasteiger partial charge is 0.229 e. The molecule has 17 heavy (non-hydrogen) atoms. The van der Waals surface area contributed by atoms with Crippen LogP contribution in [0.3, 0.4) is 0 Å². The summed E-state index contributed by atoms with van der Waals surface area (Å²) in [5, 5.41) is 13.0. The van der Waals surface area contributed by atoms with Gasteiger partial charge in [-0.2, -0.15) is 0 Å². The minimum Gasteiger partial charge on any atom is -0.390 e. The van der Waals surface area contributed by atoms with Crippen LogP contribution in [-0.2, 0) is 9.59 Å². The first kappa shape index (κ1) is 12.5. The van der Waals surface area contributed by atoms with Gasteiger partial charge in [-0.25, -0.2) is 0 Å². The number of imide groups is 1. The van der Waals surface area contributed by atoms with Crippen molar-refractivity contribution in [2.45, 2.75) is 44.8 Å². The number of amides is 2. The van der Waals surface area contributed by atoms with Gasteiger partial charge in [-0.3, -0.25) is 14.5 Å². The molecule has 0 bridgehead atoms. The van der Waals surface area contributed by atoms with Crippen molar-refractivity contribution in [1.29, 1.82) is 0 Å². The van der Waals surface area contributed by atoms with Crippen molar-refractivity contribution in [3.63, 3.8) is 0 Å². The van der Waals surface area contributed by atoms with E-state index in [0.717, 1.165) is 12.8 Å². The molecule has 1 saturated heterocycles. The van der Waals surface area contributed by atoms with Gasteiger partial charge in [-0.1, -0.05) is 6.92 Å². The molecule has 1 atom stereocenters. The van der Waals surface area contributed by atoms with E-state index in [2.05, 4.69) is 5.32 Å². The van der Waals surface area contributed by atoms with Gasteiger partial charge < -0.3 is 10.4 Å². The summed E-state index contributed by atoms with van der Waals surface area (Å²) in [4.78, 5) is 24.6. The molecule has 5 nitrogen and oxygen atoms in total. The minimum absolute atomic E-state index is 0.129. The Bertz CT molecular complexity index is 297. The standard InChI is InChI=1S/C12H20N2O3/c1-8-4-11(16)14(12(17)5-8)7-10(15)6-13-9-2-3-9/h8-10,13,15H,2-7H2,1H3. The molecule has 2 amide bonds. The van der Waals surface area contributed by atoms with Crippen molar-refractivity contribution in [1.82, 2.24) is 10.2 Å². The van der Waals surface area contributed by atoms with Gasteiger partial charge in [-0.05, 0) is 18.8 Å². The van der Waals surface area contributed by atoms with E-state index in [-0.39, 0.29) is 24.3 Å². The highest BCUT2D eigenvalue weighted by atomic mass is 16.3. The predicted molar refractivity (Wildman–Crippen MR) is 62.1 cm³/mol. The fourth-order valence-corrected chi connectivity index (χ4v) is 2.10. The van der Waals surface area contributed by atoms with Crippen LogP contribution in [0.25, 0.3) is 0 Å². The quantitative estimate of drug-likeness (QED) is 0.658. The van der Waals surface area contributed by atoms with Crippen LogP contribution in [0.5, 0.6) is 0 Å². The van der Waals surface area contributed by atoms with Crippen LogP contribution in [0, 0.1) is 5.92 Å². The van der Waals surface area contributed by atoms with Gasteiger partial charge in [0.2, 0.25) is 11.8 Å². The lowest BCUT2D eigenvalue weighted by molar-refractivity contribution is -0.151. The molecule has 0 aromatic rings. The first-order valence-corrected chi connectivity index (χ1v) is 6.31. The van der Waals surface area contributed by atoms with Crippen molar-refractivity contribution < 1.29 is 14.7 Å². The van der Waals surface area contributed by atoms with Gasteiger partial charge >= 0.3 is 0 Å². The number of nitrogens with zero attached hydrogens (tertiary/aromatic N) is 1. The lowest BCUT2D eigenvalue weighted by Gasteiger charge is -2.29. The van der Waals surface area contributed by atoms with Gasteiger partial charge in [0.15, 0.2) is 0 Å². The van der Waals surface area contributed by atoms with E-state index >= 15 is 0 Å². The van der Waals surface area contributed by atoms with E-state index in [1.54, 1.807) is 0 Å². The average molecular weight is 240 g/mol. The normalized spacial score (nSPS) is 24.2. The molecule has 2 fully saturated rings. The number of piperidine rings is 1. The molecule has 2 N–H and O–H groups in total. The zero-order valence-electron chi connectivity index (χ0n) is 10.2. The third kappa shape index (κ3) is 3.51. The molecule has 0 spiro atoms. The molecule has 0 aromatic heterocycles. The monoisotopic (exact) mass is 240 g/mol. The molecule has 1 aliphatic carbocycles. The summed E-state index contributed by atoms with van der Waals surface area (Å²) in [6.45, 7) is 2.49. The van der Waals surface area contributed by atoms with Gasteiger partial charge in [0, 0.05) is 25.4 Å². The summed E-state index contributed by atoms with van der Waals surface area (Å²) < 4.78 is 0. The third-order valence-corrected chi connectivity index (χ3v) is 3.26. The fraction of sp³-hybridized carbons (Fsp3) is 0.833. The van der Waals surface area contributed by atoms with Crippen LogP contribution < -0.4 is 5.32 Å². The molecule has 1 heterocycles. The van der Waals surface area contributed by atoms with E-state index in [1.165, 1.54) is 4.90 Å². The van der Waals surface area contributed by atoms with Crippen LogP contribution in [0.4, 0.5) is 0 Å². The first-order chi connectivity index (χ1) is 8.06. The second-order valence-electron chi connectivity index (χ2n) is 5.25. The van der Waals surface area contributed by atoms with Gasteiger partial charge in [0.05, 0.1) is 12.6 Å². The molecule has 1 aliphatic heterocycles. The second-order valence-corrected chi connectivity index (χ2v) is 5.25. The van der Waals surface area contributed by atoms with Crippen molar-refractivity contribution in [3.05, 3.63) is 0 Å². The number of β-amino-alcohol motifs (C(OH)–C–C–N with tert-alkyl or cyclic N) is 1. The number of nitrogens with one attached hydrogen (secondary N) is 1. The van der Waals surface area contributed by atoms with Crippen molar-refractivity contribution in [3.8, 4) is 0 Å². The van der Waals surface area contributed by atoms with Gasteiger partial charge in [0.1, 0.15) is 0 Å². The molecule has 2 rings (SSSR count). The van der Waals surface area contributed by atoms with E-state index < -0.39 is 6.10 Å². The number of aliphatic hydroxyl groups is 1. The Hall–Kier alpha value is -0.940. The zero-order chi connectivity index (χ0) is 12.4. The molecular weight excluding hydrogens is 220 g/mol. The number of hydrogen-bond acceptors (Lipinski definition) is 4. The lowest BCUT2D eigenvalue weighted by Crippen LogP contribution is -2.48. The van der Waals surface area contributed by atoms with Crippen LogP contribution in [0.15, 0.2) is 0 Å². The number of likely N-dealkylation sites (tertiary alicyclic amines) is 1. The topological polar surface area (TPSA) is 69.6 Å². The first-order valence-electron chi connectivity index (χ1n) is 6.31. The Morgan fingerprint density at radius 1 is 1.35 bits per heavy atom. The number of carbonyl (C=O) groups excluding carboxylic acids is 2. The SMILES string of the molecule is CC1CC(=O)N(CC(O)CNC2CC2)C(=O)C1. The summed E-state index contributed by atoms with van der Waals surface area (Å²) >= 11 is 0. The molecule has 0 aromatic carbocycles. The number of rotatable bonds is 5. The average Bonchev–Trinajstić information content (AvgIpc) is 3.04. The Morgan fingerprint density at radius 3 is 2.47 bits per heavy atom. The Kier molecular flexibility index (Phi) is 3.79. The molecule has 1 saturated carbocycles. The lowest BCUT2D eigenvalue weighted by atomic mass is 9.97. The Labute approximate surface area is 101 Å². The summed E-state index contributed by atoms with van der Waals surface area (Å²) in [6.07, 6.45) is 2.48. The van der Waals surface area contributed by atoms with Crippen LogP contribution in [-0.4, -0.2) is 47.1 Å². The number of aliphatic hydroxyl groups excluding tert-OH is 1. The number of hydrogen-bond donors (Lipinski definition) is 2. The summed E-state index contributed by atoms with van der Waals surface area (Å²) in [6, 6.07) is 0.525. The minimum atomic E-state index is -0.656. The van der Waals surface area contributed by atoms with Gasteiger partial charge in [-0.15, -0.1) is 0 Å². The van der Waals surface area contributed by atoms with E-state index in [1.807, 2.05) is 6.92 Å². The maximum Gasteiger partial charge on any atom is 0.229 e. The molecule has 2 aliphatic rings. The Balaban J connectivity index is 1.79. The maximum absolute atomic E-state index is 11.7. The van der Waals surface area contributed by atoms with Gasteiger partial charge in [0.25, 0.3) is 0 Å². The molecule has 5 heteroatoms. The second kappa shape index (κ2) is 5.14. The Morgan fingerprint density at radius 2 is 1.94 bits per heavy atom. The van der Waals surface area contributed by atoms with Crippen LogP contribution >= 0.6 is 0 Å². The fourth-order valence-electron chi connectivity index (χ4n) is 2.10. The van der Waals surface area contributed by atoms with Crippen LogP contribution in [0.2, 0.25) is 0 Å². The largest absolute Gasteiger partial charge is 0.390 e. The summed E-state index contributed by atoms with van der Waals surface area (Å²) in [5.74, 6) is -0.175. The maximum atomic E-state index is 11.7. The van der Waals surface area contributed by atoms with Crippen LogP contribution in [0.1, 0.15) is 32.6 Å². The molecule has 1 unspecified atom stereocenters. The highest BCUT2D eigenvalue weighted by molar-refractivity contribution is 5.97. The predicted octanol–water partition coefficient (Wildman–Crippen LogP) is -0.116.